The summed E-state index contributed by atoms with van der Waals surface area (Å²) in [6.07, 6.45) is 0. The van der Waals surface area contributed by atoms with Crippen LogP contribution in [-0.2, 0) is 0 Å². The molecule has 0 aliphatic carbocycles. The minimum Gasteiger partial charge on any atom is -0.507 e. The second-order valence-electron chi connectivity index (χ2n) is 7.13. The lowest BCUT2D eigenvalue weighted by atomic mass is 9.85. The average Bonchev–Trinajstić information content (AvgIpc) is 2.69. The topological polar surface area (TPSA) is 20.2 Å². The molecular weight excluding hydrogens is 316 g/mol. The lowest BCUT2D eigenvalue weighted by Crippen LogP contribution is -1.91. The first-order valence-corrected chi connectivity index (χ1v) is 8.95. The molecule has 0 aromatic heterocycles. The van der Waals surface area contributed by atoms with Gasteiger partial charge in [-0.1, -0.05) is 66.7 Å². The van der Waals surface area contributed by atoms with Crippen LogP contribution in [0, 0.1) is 6.92 Å². The van der Waals surface area contributed by atoms with Gasteiger partial charge in [-0.3, -0.25) is 0 Å². The van der Waals surface area contributed by atoms with Crippen molar-refractivity contribution in [2.24, 2.45) is 0 Å². The minimum absolute atomic E-state index is 0.345. The summed E-state index contributed by atoms with van der Waals surface area (Å²) in [6, 6.07) is 25.4. The summed E-state index contributed by atoms with van der Waals surface area (Å²) in [7, 11) is 0. The molecule has 0 aliphatic heterocycles. The Balaban J connectivity index is 2.14. The van der Waals surface area contributed by atoms with Crippen LogP contribution < -0.4 is 0 Å². The zero-order valence-corrected chi connectivity index (χ0v) is 14.4. The number of fused-ring (bicyclic) bond motifs is 4. The van der Waals surface area contributed by atoms with Gasteiger partial charge in [0.1, 0.15) is 5.75 Å². The normalized spacial score (nSPS) is 12.2. The molecule has 0 fully saturated rings. The predicted octanol–water partition coefficient (Wildman–Crippen LogP) is 6.90. The van der Waals surface area contributed by atoms with Gasteiger partial charge in [-0.15, -0.1) is 0 Å². The van der Waals surface area contributed by atoms with E-state index in [4.69, 9.17) is 0 Å². The number of rotatable bonds is 0. The molecule has 0 radical (unpaired) electrons. The maximum atomic E-state index is 10.4. The molecule has 0 unspecified atom stereocenters. The molecule has 0 saturated heterocycles. The smallest absolute Gasteiger partial charge is 0.123 e. The number of aromatic hydroxyl groups is 1. The predicted molar refractivity (Wildman–Crippen MR) is 112 cm³/mol. The molecule has 0 bridgehead atoms. The Morgan fingerprint density at radius 3 is 1.85 bits per heavy atom. The molecule has 0 aliphatic rings. The maximum absolute atomic E-state index is 10.4. The Morgan fingerprint density at radius 1 is 0.462 bits per heavy atom. The van der Waals surface area contributed by atoms with Crippen LogP contribution in [0.2, 0.25) is 0 Å². The van der Waals surface area contributed by atoms with Crippen LogP contribution in [0.15, 0.2) is 72.8 Å². The molecule has 1 heteroatoms. The summed E-state index contributed by atoms with van der Waals surface area (Å²) < 4.78 is 0. The first-order chi connectivity index (χ1) is 12.8. The molecule has 0 amide bonds. The first kappa shape index (κ1) is 13.9. The van der Waals surface area contributed by atoms with E-state index in [0.29, 0.717) is 5.75 Å². The molecule has 1 nitrogen and oxygen atoms in total. The number of hydrogen-bond acceptors (Lipinski definition) is 1. The van der Waals surface area contributed by atoms with Crippen molar-refractivity contribution < 1.29 is 5.11 Å². The van der Waals surface area contributed by atoms with E-state index in [9.17, 15) is 5.11 Å². The highest BCUT2D eigenvalue weighted by atomic mass is 16.3. The van der Waals surface area contributed by atoms with Crippen molar-refractivity contribution in [3.05, 3.63) is 78.4 Å². The third-order valence-electron chi connectivity index (χ3n) is 5.90. The standard InChI is InChI=1S/C25H16O/c1-14-15-6-2-3-7-17(15)25-21-11-5-10-20-22(26)13-12-19(23(20)21)18-9-4-8-16(14)24(18)25/h2-13,26H,1H3. The van der Waals surface area contributed by atoms with Crippen molar-refractivity contribution in [1.29, 1.82) is 0 Å². The molecule has 26 heavy (non-hydrogen) atoms. The molecular formula is C25H16O. The highest BCUT2D eigenvalue weighted by Gasteiger charge is 2.17. The largest absolute Gasteiger partial charge is 0.507 e. The van der Waals surface area contributed by atoms with E-state index in [-0.39, 0.29) is 0 Å². The van der Waals surface area contributed by atoms with Gasteiger partial charge < -0.3 is 5.11 Å². The molecule has 0 spiro atoms. The van der Waals surface area contributed by atoms with Gasteiger partial charge in [-0.05, 0) is 61.6 Å². The molecule has 0 atom stereocenters. The summed E-state index contributed by atoms with van der Waals surface area (Å²) in [5.41, 5.74) is 1.33. The van der Waals surface area contributed by atoms with E-state index in [1.165, 1.54) is 48.7 Å². The first-order valence-electron chi connectivity index (χ1n) is 8.95. The highest BCUT2D eigenvalue weighted by molar-refractivity contribution is 6.38. The molecule has 6 rings (SSSR count). The van der Waals surface area contributed by atoms with Crippen molar-refractivity contribution in [1.82, 2.24) is 0 Å². The van der Waals surface area contributed by atoms with Crippen LogP contribution in [0.1, 0.15) is 5.56 Å². The van der Waals surface area contributed by atoms with Gasteiger partial charge in [0, 0.05) is 10.8 Å². The van der Waals surface area contributed by atoms with E-state index in [0.717, 1.165) is 10.8 Å². The van der Waals surface area contributed by atoms with Crippen molar-refractivity contribution in [3.63, 3.8) is 0 Å². The summed E-state index contributed by atoms with van der Waals surface area (Å²) in [4.78, 5) is 0. The Morgan fingerprint density at radius 2 is 1.00 bits per heavy atom. The highest BCUT2D eigenvalue weighted by Crippen LogP contribution is 2.45. The quantitative estimate of drug-likeness (QED) is 0.237. The van der Waals surface area contributed by atoms with Gasteiger partial charge in [0.15, 0.2) is 0 Å². The van der Waals surface area contributed by atoms with Gasteiger partial charge in [-0.2, -0.15) is 0 Å². The summed E-state index contributed by atoms with van der Waals surface area (Å²) in [5, 5.41) is 22.7. The Hall–Kier alpha value is -3.32. The van der Waals surface area contributed by atoms with Gasteiger partial charge >= 0.3 is 0 Å². The summed E-state index contributed by atoms with van der Waals surface area (Å²) >= 11 is 0. The van der Waals surface area contributed by atoms with Crippen molar-refractivity contribution in [3.8, 4) is 5.75 Å². The van der Waals surface area contributed by atoms with E-state index in [1.54, 1.807) is 0 Å². The molecule has 1 N–H and O–H groups in total. The zero-order chi connectivity index (χ0) is 17.4. The Bertz CT molecular complexity index is 1490. The second-order valence-corrected chi connectivity index (χ2v) is 7.13. The Labute approximate surface area is 150 Å². The maximum Gasteiger partial charge on any atom is 0.123 e. The van der Waals surface area contributed by atoms with Gasteiger partial charge in [0.2, 0.25) is 0 Å². The second kappa shape index (κ2) is 4.64. The third kappa shape index (κ3) is 1.52. The number of benzene rings is 6. The number of phenols is 1. The number of hydrogen-bond donors (Lipinski definition) is 1. The fraction of sp³-hybridized carbons (Fsp3) is 0.0400. The zero-order valence-electron chi connectivity index (χ0n) is 14.4. The van der Waals surface area contributed by atoms with Crippen LogP contribution in [0.3, 0.4) is 0 Å². The van der Waals surface area contributed by atoms with E-state index >= 15 is 0 Å². The van der Waals surface area contributed by atoms with Gasteiger partial charge in [0.25, 0.3) is 0 Å². The van der Waals surface area contributed by atoms with E-state index in [2.05, 4.69) is 67.6 Å². The molecule has 0 heterocycles. The lowest BCUT2D eigenvalue weighted by molar-refractivity contribution is 0.482. The van der Waals surface area contributed by atoms with Gasteiger partial charge in [0.05, 0.1) is 0 Å². The summed E-state index contributed by atoms with van der Waals surface area (Å²) in [6.45, 7) is 2.22. The average molecular weight is 332 g/mol. The molecule has 6 aromatic rings. The fourth-order valence-electron chi connectivity index (χ4n) is 4.77. The van der Waals surface area contributed by atoms with Crippen LogP contribution >= 0.6 is 0 Å². The lowest BCUT2D eigenvalue weighted by Gasteiger charge is -2.18. The van der Waals surface area contributed by atoms with Crippen LogP contribution in [-0.4, -0.2) is 5.11 Å². The molecule has 6 aromatic carbocycles. The SMILES string of the molecule is Cc1c2ccccc2c2c3cccc4c(O)ccc(c5cccc1c52)c43. The van der Waals surface area contributed by atoms with Crippen LogP contribution in [0.5, 0.6) is 5.75 Å². The fourth-order valence-corrected chi connectivity index (χ4v) is 4.77. The van der Waals surface area contributed by atoms with Crippen molar-refractivity contribution >= 4 is 53.9 Å². The van der Waals surface area contributed by atoms with Crippen molar-refractivity contribution in [2.45, 2.75) is 6.92 Å². The van der Waals surface area contributed by atoms with Crippen LogP contribution in [0.4, 0.5) is 0 Å². The third-order valence-corrected chi connectivity index (χ3v) is 5.90. The minimum atomic E-state index is 0.345. The number of phenolic OH excluding ortho intramolecular Hbond substituents is 1. The molecule has 122 valence electrons. The Kier molecular flexibility index (Phi) is 2.49. The summed E-state index contributed by atoms with van der Waals surface area (Å²) in [5.74, 6) is 0.345. The number of aryl methyl sites for hydroxylation is 1. The van der Waals surface area contributed by atoms with Crippen LogP contribution in [0.25, 0.3) is 53.9 Å². The molecule has 0 saturated carbocycles. The monoisotopic (exact) mass is 332 g/mol. The van der Waals surface area contributed by atoms with Gasteiger partial charge in [-0.25, -0.2) is 0 Å². The van der Waals surface area contributed by atoms with Crippen molar-refractivity contribution in [2.75, 3.05) is 0 Å². The van der Waals surface area contributed by atoms with E-state index in [1.807, 2.05) is 12.1 Å². The van der Waals surface area contributed by atoms with E-state index < -0.39 is 0 Å².